The second-order valence-electron chi connectivity index (χ2n) is 14.5. The maximum absolute atomic E-state index is 6.99. The van der Waals surface area contributed by atoms with Gasteiger partial charge in [0.15, 0.2) is 25.0 Å². The van der Waals surface area contributed by atoms with Gasteiger partial charge in [0.25, 0.3) is 0 Å². The molecule has 0 heterocycles. The second-order valence-corrected chi connectivity index (χ2v) is 28.8. The fourth-order valence-corrected chi connectivity index (χ4v) is 6.41. The van der Waals surface area contributed by atoms with E-state index in [-0.39, 0.29) is 27.3 Å². The molecule has 0 aromatic rings. The van der Waals surface area contributed by atoms with Gasteiger partial charge < -0.3 is 13.3 Å². The number of rotatable bonds is 7. The molecule has 0 saturated carbocycles. The molecule has 1 rings (SSSR count). The van der Waals surface area contributed by atoms with Gasteiger partial charge in [-0.2, -0.15) is 0 Å². The third-order valence-corrected chi connectivity index (χ3v) is 22.1. The summed E-state index contributed by atoms with van der Waals surface area (Å²) in [6.07, 6.45) is 10.8. The highest BCUT2D eigenvalue weighted by atomic mass is 28.4. The first-order valence-corrected chi connectivity index (χ1v) is 21.5. The van der Waals surface area contributed by atoms with E-state index in [9.17, 15) is 0 Å². The zero-order chi connectivity index (χ0) is 27.0. The summed E-state index contributed by atoms with van der Waals surface area (Å²) in [6, 6.07) is 0. The fourth-order valence-electron chi connectivity index (χ4n) is 3.00. The van der Waals surface area contributed by atoms with Gasteiger partial charge in [0.05, 0.1) is 18.8 Å². The molecule has 0 amide bonds. The van der Waals surface area contributed by atoms with E-state index >= 15 is 0 Å². The summed E-state index contributed by atoms with van der Waals surface area (Å²) in [7, 11) is -5.92. The molecule has 1 aliphatic carbocycles. The Kier molecular flexibility index (Phi) is 9.77. The van der Waals surface area contributed by atoms with Gasteiger partial charge in [-0.3, -0.25) is 0 Å². The van der Waals surface area contributed by atoms with E-state index in [1.165, 1.54) is 5.57 Å². The SMILES string of the molecule is C#CC1=C[C@@H](O[Si](C)(C)C(C)(C)C)/C(=C\CO[Si](C)(C)C(C)(C)C)[C@H](O[Si](C)(C)C(C)(C)C)C1. The highest BCUT2D eigenvalue weighted by Gasteiger charge is 2.45. The minimum Gasteiger partial charge on any atom is -0.413 e. The Balaban J connectivity index is 3.48. The minimum absolute atomic E-state index is 0.0743. The Hall–Kier alpha value is -0.429. The van der Waals surface area contributed by atoms with Gasteiger partial charge in [-0.15, -0.1) is 6.42 Å². The van der Waals surface area contributed by atoms with Gasteiger partial charge in [-0.05, 0) is 66.0 Å². The lowest BCUT2D eigenvalue weighted by Crippen LogP contribution is -2.49. The van der Waals surface area contributed by atoms with Crippen LogP contribution in [-0.2, 0) is 13.3 Å². The Morgan fingerprint density at radius 1 is 0.824 bits per heavy atom. The van der Waals surface area contributed by atoms with Crippen LogP contribution in [0.2, 0.25) is 54.4 Å². The predicted octanol–water partition coefficient (Wildman–Crippen LogP) is 8.68. The quantitative estimate of drug-likeness (QED) is 0.190. The van der Waals surface area contributed by atoms with Gasteiger partial charge in [0.2, 0.25) is 0 Å². The van der Waals surface area contributed by atoms with Crippen molar-refractivity contribution in [2.24, 2.45) is 0 Å². The van der Waals surface area contributed by atoms with Crippen LogP contribution in [0.3, 0.4) is 0 Å². The van der Waals surface area contributed by atoms with E-state index in [0.29, 0.717) is 6.61 Å². The van der Waals surface area contributed by atoms with Gasteiger partial charge in [-0.25, -0.2) is 0 Å². The molecule has 0 spiro atoms. The smallest absolute Gasteiger partial charge is 0.193 e. The summed E-state index contributed by atoms with van der Waals surface area (Å²) < 4.78 is 20.5. The van der Waals surface area contributed by atoms with Crippen molar-refractivity contribution in [2.45, 2.75) is 135 Å². The van der Waals surface area contributed by atoms with E-state index in [1.807, 2.05) is 0 Å². The van der Waals surface area contributed by atoms with E-state index in [1.54, 1.807) is 0 Å². The van der Waals surface area contributed by atoms with Crippen LogP contribution in [0.5, 0.6) is 0 Å². The molecule has 0 unspecified atom stereocenters. The van der Waals surface area contributed by atoms with Crippen molar-refractivity contribution in [1.29, 1.82) is 0 Å². The van der Waals surface area contributed by atoms with Crippen LogP contribution in [0.15, 0.2) is 23.3 Å². The Labute approximate surface area is 215 Å². The lowest BCUT2D eigenvalue weighted by molar-refractivity contribution is 0.161. The van der Waals surface area contributed by atoms with Crippen LogP contribution >= 0.6 is 0 Å². The Morgan fingerprint density at radius 2 is 1.26 bits per heavy atom. The normalized spacial score (nSPS) is 22.5. The van der Waals surface area contributed by atoms with Gasteiger partial charge >= 0.3 is 0 Å². The Morgan fingerprint density at radius 3 is 1.68 bits per heavy atom. The maximum atomic E-state index is 6.99. The topological polar surface area (TPSA) is 27.7 Å². The van der Waals surface area contributed by atoms with Crippen LogP contribution in [0, 0.1) is 12.3 Å². The van der Waals surface area contributed by atoms with Crippen molar-refractivity contribution in [3.05, 3.63) is 23.3 Å². The van der Waals surface area contributed by atoms with E-state index < -0.39 is 25.0 Å². The van der Waals surface area contributed by atoms with Gasteiger partial charge in [-0.1, -0.05) is 74.3 Å². The van der Waals surface area contributed by atoms with Crippen molar-refractivity contribution in [2.75, 3.05) is 6.61 Å². The summed E-state index contributed by atoms with van der Waals surface area (Å²) in [5.74, 6) is 2.91. The predicted molar refractivity (Wildman–Crippen MR) is 157 cm³/mol. The molecule has 6 heteroatoms. The van der Waals surface area contributed by atoms with E-state index in [0.717, 1.165) is 12.0 Å². The molecular weight excluding hydrogens is 469 g/mol. The van der Waals surface area contributed by atoms with Gasteiger partial charge in [0.1, 0.15) is 0 Å². The summed E-state index contributed by atoms with van der Waals surface area (Å²) >= 11 is 0. The zero-order valence-electron chi connectivity index (χ0n) is 25.0. The van der Waals surface area contributed by atoms with Crippen LogP contribution < -0.4 is 0 Å². The van der Waals surface area contributed by atoms with Crippen LogP contribution in [0.25, 0.3) is 0 Å². The van der Waals surface area contributed by atoms with Crippen LogP contribution in [0.4, 0.5) is 0 Å². The number of terminal acetylenes is 1. The third kappa shape index (κ3) is 7.78. The maximum Gasteiger partial charge on any atom is 0.193 e. The highest BCUT2D eigenvalue weighted by Crippen LogP contribution is 2.43. The van der Waals surface area contributed by atoms with Gasteiger partial charge in [0, 0.05) is 12.0 Å². The second kappa shape index (κ2) is 10.5. The summed E-state index contributed by atoms with van der Waals surface area (Å²) in [5, 5.41) is 0.388. The molecule has 0 aliphatic heterocycles. The van der Waals surface area contributed by atoms with Crippen molar-refractivity contribution >= 4 is 25.0 Å². The fraction of sp³-hybridized carbons (Fsp3) is 0.786. The monoisotopic (exact) mass is 522 g/mol. The summed E-state index contributed by atoms with van der Waals surface area (Å²) in [4.78, 5) is 0. The van der Waals surface area contributed by atoms with Crippen molar-refractivity contribution in [1.82, 2.24) is 0 Å². The molecule has 0 fully saturated rings. The van der Waals surface area contributed by atoms with E-state index in [2.05, 4.69) is 120 Å². The molecule has 0 aromatic heterocycles. The summed E-state index contributed by atoms with van der Waals surface area (Å²) in [5.41, 5.74) is 2.17. The molecule has 0 radical (unpaired) electrons. The number of hydrogen-bond acceptors (Lipinski definition) is 3. The molecule has 0 saturated heterocycles. The lowest BCUT2D eigenvalue weighted by atomic mass is 9.90. The standard InChI is InChI=1S/C28H54O3Si3/c1-17-22-20-24(30-33(13,14)27(5,6)7)23(18-19-29-32(11,12)26(2,3)4)25(21-22)31-34(15,16)28(8,9)10/h1,18,20,24-25H,19,21H2,2-16H3/b23-18+/t24-,25-/m1/s1. The molecule has 0 N–H and O–H groups in total. The lowest BCUT2D eigenvalue weighted by Gasteiger charge is -2.45. The highest BCUT2D eigenvalue weighted by molar-refractivity contribution is 6.75. The van der Waals surface area contributed by atoms with Crippen molar-refractivity contribution < 1.29 is 13.3 Å². The Bertz CT molecular complexity index is 810. The largest absolute Gasteiger partial charge is 0.413 e. The molecule has 1 aliphatic rings. The molecule has 2 atom stereocenters. The average molecular weight is 523 g/mol. The first kappa shape index (κ1) is 31.6. The molecular formula is C28H54O3Si3. The molecule has 0 aromatic carbocycles. The summed E-state index contributed by atoms with van der Waals surface area (Å²) in [6.45, 7) is 35.0. The average Bonchev–Trinajstić information content (AvgIpc) is 2.59. The zero-order valence-corrected chi connectivity index (χ0v) is 28.0. The van der Waals surface area contributed by atoms with E-state index in [4.69, 9.17) is 19.7 Å². The number of hydrogen-bond donors (Lipinski definition) is 0. The van der Waals surface area contributed by atoms with Crippen LogP contribution in [0.1, 0.15) is 68.7 Å². The third-order valence-electron chi connectivity index (χ3n) is 8.68. The minimum atomic E-state index is -2.04. The molecule has 196 valence electrons. The van der Waals surface area contributed by atoms with Crippen molar-refractivity contribution in [3.63, 3.8) is 0 Å². The first-order valence-electron chi connectivity index (χ1n) is 12.8. The molecule has 0 bridgehead atoms. The van der Waals surface area contributed by atoms with Crippen LogP contribution in [-0.4, -0.2) is 43.8 Å². The first-order chi connectivity index (χ1) is 15.0. The van der Waals surface area contributed by atoms with Crippen molar-refractivity contribution in [3.8, 4) is 12.3 Å². The molecule has 3 nitrogen and oxygen atoms in total. The molecule has 34 heavy (non-hydrogen) atoms.